The third-order valence-electron chi connectivity index (χ3n) is 5.48. The number of benzene rings is 2. The number of hydrogen-bond donors (Lipinski definition) is 1. The molecular weight excluding hydrogens is 418 g/mol. The van der Waals surface area contributed by atoms with Gasteiger partial charge in [-0.3, -0.25) is 9.59 Å². The molecule has 7 heteroatoms. The van der Waals surface area contributed by atoms with Gasteiger partial charge in [-0.2, -0.15) is 0 Å². The number of fused-ring (bicyclic) bond motifs is 1. The monoisotopic (exact) mass is 451 g/mol. The van der Waals surface area contributed by atoms with Crippen molar-refractivity contribution in [3.05, 3.63) is 42.0 Å². The molecule has 0 fully saturated rings. The van der Waals surface area contributed by atoms with E-state index in [1.807, 2.05) is 57.2 Å². The molecule has 1 unspecified atom stereocenters. The summed E-state index contributed by atoms with van der Waals surface area (Å²) in [5.74, 6) is -0.0993. The van der Waals surface area contributed by atoms with Crippen LogP contribution in [0.15, 0.2) is 36.4 Å². The molecule has 2 N–H and O–H groups in total. The third kappa shape index (κ3) is 7.71. The lowest BCUT2D eigenvalue weighted by Crippen LogP contribution is -2.38. The quantitative estimate of drug-likeness (QED) is 0.396. The van der Waals surface area contributed by atoms with Crippen molar-refractivity contribution in [2.75, 3.05) is 20.3 Å². The summed E-state index contributed by atoms with van der Waals surface area (Å²) in [6.07, 6.45) is 2.08. The number of esters is 2. The standard InChI is InChI=1S/C24H33NO5.ClH/c1-5-16(2)22(25)24(27)30-13-7-6-12-29-23(26)17(3)18-8-9-20-15-21(28-4)11-10-19(20)14-18;/h8-11,14-17,22H,5-7,12-13,25H2,1-4H3;1H/t16-,17?,22-;/m0./s1. The highest BCUT2D eigenvalue weighted by atomic mass is 35.5. The molecule has 0 aliphatic heterocycles. The smallest absolute Gasteiger partial charge is 0.323 e. The first-order valence-electron chi connectivity index (χ1n) is 10.5. The van der Waals surface area contributed by atoms with E-state index in [0.29, 0.717) is 19.4 Å². The van der Waals surface area contributed by atoms with E-state index in [1.165, 1.54) is 0 Å². The second kappa shape index (κ2) is 13.2. The molecule has 3 atom stereocenters. The van der Waals surface area contributed by atoms with Crippen molar-refractivity contribution < 1.29 is 23.8 Å². The molecule has 0 spiro atoms. The normalized spacial score (nSPS) is 13.6. The number of ether oxygens (including phenoxy) is 3. The Morgan fingerprint density at radius 3 is 2.13 bits per heavy atom. The van der Waals surface area contributed by atoms with Crippen LogP contribution in [0.3, 0.4) is 0 Å². The van der Waals surface area contributed by atoms with E-state index in [2.05, 4.69) is 0 Å². The first-order chi connectivity index (χ1) is 14.4. The molecule has 31 heavy (non-hydrogen) atoms. The molecule has 0 saturated carbocycles. The van der Waals surface area contributed by atoms with Gasteiger partial charge in [0.1, 0.15) is 11.8 Å². The Balaban J connectivity index is 0.00000480. The first kappa shape index (κ1) is 26.7. The van der Waals surface area contributed by atoms with E-state index >= 15 is 0 Å². The predicted octanol–water partition coefficient (Wildman–Crippen LogP) is 4.61. The van der Waals surface area contributed by atoms with E-state index in [0.717, 1.165) is 28.5 Å². The summed E-state index contributed by atoms with van der Waals surface area (Å²) in [7, 11) is 1.64. The average Bonchev–Trinajstić information content (AvgIpc) is 2.78. The Labute approximate surface area is 190 Å². The molecule has 0 saturated heterocycles. The summed E-state index contributed by atoms with van der Waals surface area (Å²) in [5.41, 5.74) is 6.75. The number of rotatable bonds is 11. The summed E-state index contributed by atoms with van der Waals surface area (Å²) in [4.78, 5) is 24.2. The average molecular weight is 452 g/mol. The van der Waals surface area contributed by atoms with Gasteiger partial charge in [-0.1, -0.05) is 44.5 Å². The number of nitrogens with two attached hydrogens (primary N) is 1. The van der Waals surface area contributed by atoms with Crippen LogP contribution in [-0.4, -0.2) is 38.3 Å². The Kier molecular flexibility index (Phi) is 11.4. The Bertz CT molecular complexity index is 857. The van der Waals surface area contributed by atoms with Crippen LogP contribution in [0.2, 0.25) is 0 Å². The van der Waals surface area contributed by atoms with E-state index in [1.54, 1.807) is 7.11 Å². The van der Waals surface area contributed by atoms with Crippen LogP contribution in [-0.2, 0) is 19.1 Å². The van der Waals surface area contributed by atoms with Crippen molar-refractivity contribution in [2.24, 2.45) is 11.7 Å². The Morgan fingerprint density at radius 2 is 1.52 bits per heavy atom. The summed E-state index contributed by atoms with van der Waals surface area (Å²) in [5, 5.41) is 2.10. The highest BCUT2D eigenvalue weighted by molar-refractivity contribution is 5.87. The van der Waals surface area contributed by atoms with E-state index < -0.39 is 6.04 Å². The lowest BCUT2D eigenvalue weighted by Gasteiger charge is -2.16. The van der Waals surface area contributed by atoms with Crippen molar-refractivity contribution in [1.29, 1.82) is 0 Å². The van der Waals surface area contributed by atoms with Crippen LogP contribution in [0, 0.1) is 5.92 Å². The molecule has 0 aromatic heterocycles. The molecule has 0 amide bonds. The topological polar surface area (TPSA) is 87.9 Å². The van der Waals surface area contributed by atoms with Gasteiger partial charge < -0.3 is 19.9 Å². The lowest BCUT2D eigenvalue weighted by molar-refractivity contribution is -0.148. The van der Waals surface area contributed by atoms with Gasteiger partial charge in [0.05, 0.1) is 26.2 Å². The number of halogens is 1. The van der Waals surface area contributed by atoms with Gasteiger partial charge in [0.15, 0.2) is 0 Å². The van der Waals surface area contributed by atoms with Crippen molar-refractivity contribution >= 4 is 35.1 Å². The third-order valence-corrected chi connectivity index (χ3v) is 5.48. The zero-order valence-corrected chi connectivity index (χ0v) is 19.6. The fraction of sp³-hybridized carbons (Fsp3) is 0.500. The zero-order valence-electron chi connectivity index (χ0n) is 18.8. The highest BCUT2D eigenvalue weighted by Crippen LogP contribution is 2.25. The lowest BCUT2D eigenvalue weighted by atomic mass is 9.98. The second-order valence-electron chi connectivity index (χ2n) is 7.65. The SMILES string of the molecule is CC[C@H](C)[C@H](N)C(=O)OCCCCOC(=O)C(C)c1ccc2cc(OC)ccc2c1.Cl. The van der Waals surface area contributed by atoms with E-state index in [4.69, 9.17) is 19.9 Å². The van der Waals surface area contributed by atoms with Crippen LogP contribution >= 0.6 is 12.4 Å². The van der Waals surface area contributed by atoms with Crippen LogP contribution in [0.4, 0.5) is 0 Å². The molecule has 0 radical (unpaired) electrons. The minimum absolute atomic E-state index is 0. The Hall–Kier alpha value is -2.31. The summed E-state index contributed by atoms with van der Waals surface area (Å²) < 4.78 is 15.8. The second-order valence-corrected chi connectivity index (χ2v) is 7.65. The van der Waals surface area contributed by atoms with Crippen LogP contribution in [0.5, 0.6) is 5.75 Å². The molecule has 6 nitrogen and oxygen atoms in total. The minimum atomic E-state index is -0.586. The van der Waals surface area contributed by atoms with E-state index in [9.17, 15) is 9.59 Å². The van der Waals surface area contributed by atoms with Crippen molar-refractivity contribution in [3.63, 3.8) is 0 Å². The number of carbonyl (C=O) groups excluding carboxylic acids is 2. The van der Waals surface area contributed by atoms with Gasteiger partial charge >= 0.3 is 11.9 Å². The fourth-order valence-electron chi connectivity index (χ4n) is 3.03. The fourth-order valence-corrected chi connectivity index (χ4v) is 3.03. The summed E-state index contributed by atoms with van der Waals surface area (Å²) in [6.45, 7) is 6.33. The number of hydrogen-bond acceptors (Lipinski definition) is 6. The molecule has 0 bridgehead atoms. The molecule has 2 rings (SSSR count). The molecular formula is C24H34ClNO5. The van der Waals surface area contributed by atoms with Gasteiger partial charge in [-0.15, -0.1) is 12.4 Å². The van der Waals surface area contributed by atoms with Gasteiger partial charge in [-0.25, -0.2) is 0 Å². The minimum Gasteiger partial charge on any atom is -0.497 e. The maximum atomic E-state index is 12.4. The van der Waals surface area contributed by atoms with Crippen LogP contribution < -0.4 is 10.5 Å². The van der Waals surface area contributed by atoms with Crippen molar-refractivity contribution in [3.8, 4) is 5.75 Å². The molecule has 2 aromatic carbocycles. The zero-order chi connectivity index (χ0) is 22.1. The maximum Gasteiger partial charge on any atom is 0.323 e. The molecule has 0 heterocycles. The molecule has 2 aromatic rings. The first-order valence-corrected chi connectivity index (χ1v) is 10.5. The number of unbranched alkanes of at least 4 members (excludes halogenated alkanes) is 1. The highest BCUT2D eigenvalue weighted by Gasteiger charge is 2.21. The summed E-state index contributed by atoms with van der Waals surface area (Å²) >= 11 is 0. The number of carbonyl (C=O) groups is 2. The largest absolute Gasteiger partial charge is 0.497 e. The van der Waals surface area contributed by atoms with Crippen molar-refractivity contribution in [1.82, 2.24) is 0 Å². The van der Waals surface area contributed by atoms with Gasteiger partial charge in [0, 0.05) is 0 Å². The molecule has 0 aliphatic carbocycles. The maximum absolute atomic E-state index is 12.4. The molecule has 0 aliphatic rings. The summed E-state index contributed by atoms with van der Waals surface area (Å²) in [6, 6.07) is 11.2. The van der Waals surface area contributed by atoms with E-state index in [-0.39, 0.29) is 42.8 Å². The van der Waals surface area contributed by atoms with Crippen LogP contribution in [0.25, 0.3) is 10.8 Å². The number of methoxy groups -OCH3 is 1. The predicted molar refractivity (Wildman–Crippen MR) is 125 cm³/mol. The van der Waals surface area contributed by atoms with Gasteiger partial charge in [-0.05, 0) is 54.2 Å². The van der Waals surface area contributed by atoms with Gasteiger partial charge in [0.2, 0.25) is 0 Å². The van der Waals surface area contributed by atoms with Crippen molar-refractivity contribution in [2.45, 2.75) is 52.0 Å². The van der Waals surface area contributed by atoms with Crippen LogP contribution in [0.1, 0.15) is 51.5 Å². The Morgan fingerprint density at radius 1 is 0.935 bits per heavy atom. The molecule has 172 valence electrons. The van der Waals surface area contributed by atoms with Gasteiger partial charge in [0.25, 0.3) is 0 Å².